The first-order valence-electron chi connectivity index (χ1n) is 15.0. The summed E-state index contributed by atoms with van der Waals surface area (Å²) in [5.41, 5.74) is 2.09. The molecule has 4 aromatic rings. The number of nitrogens with one attached hydrogen (secondary N) is 1. The molecule has 0 spiro atoms. The van der Waals surface area contributed by atoms with Gasteiger partial charge in [0.2, 0.25) is 6.79 Å². The normalized spacial score (nSPS) is 12.5. The molecule has 0 aliphatic carbocycles. The second-order valence-corrected chi connectivity index (χ2v) is 11.3. The summed E-state index contributed by atoms with van der Waals surface area (Å²) in [4.78, 5) is 42.7. The average molecular weight is 647 g/mol. The standard InChI is InChI=1S/C35H38N2O10/c1-19(2)46-35(40)36-25(13-23-15-27(41-5)31(43-7)20(3)29(23)42-6)33(38)37(17-22-11-9-8-10-12-22)26-14-24-16-28-32(45-18-44-28)21(4)30(24)47-34(26)39/h8-12,14-16,19,25H,13,17-18H2,1-7H3,(H,36,40). The number of carbonyl (C=O) groups excluding carboxylic acids is 2. The molecule has 248 valence electrons. The van der Waals surface area contributed by atoms with E-state index in [0.717, 1.165) is 5.56 Å². The van der Waals surface area contributed by atoms with Crippen LogP contribution < -0.4 is 39.5 Å². The number of nitrogens with zero attached hydrogens (tertiary/aromatic N) is 1. The number of fused-ring (bicyclic) bond motifs is 2. The lowest BCUT2D eigenvalue weighted by atomic mass is 9.99. The highest BCUT2D eigenvalue weighted by Gasteiger charge is 2.33. The Bertz CT molecular complexity index is 1850. The molecule has 0 radical (unpaired) electrons. The van der Waals surface area contributed by atoms with Gasteiger partial charge in [0.1, 0.15) is 23.1 Å². The number of hydrogen-bond acceptors (Lipinski definition) is 10. The molecule has 1 unspecified atom stereocenters. The Hall–Kier alpha value is -5.39. The van der Waals surface area contributed by atoms with Gasteiger partial charge in [-0.1, -0.05) is 30.3 Å². The topological polar surface area (TPSA) is 135 Å². The quantitative estimate of drug-likeness (QED) is 0.210. The van der Waals surface area contributed by atoms with Crippen molar-refractivity contribution in [2.24, 2.45) is 0 Å². The fourth-order valence-electron chi connectivity index (χ4n) is 5.70. The molecule has 3 aromatic carbocycles. The fourth-order valence-corrected chi connectivity index (χ4v) is 5.70. The summed E-state index contributed by atoms with van der Waals surface area (Å²) < 4.78 is 39.2. The lowest BCUT2D eigenvalue weighted by Crippen LogP contribution is -2.51. The van der Waals surface area contributed by atoms with Crippen molar-refractivity contribution in [3.63, 3.8) is 0 Å². The zero-order chi connectivity index (χ0) is 33.8. The number of carbonyl (C=O) groups is 2. The van der Waals surface area contributed by atoms with Crippen molar-refractivity contribution in [1.82, 2.24) is 5.32 Å². The lowest BCUT2D eigenvalue weighted by Gasteiger charge is -2.28. The van der Waals surface area contributed by atoms with E-state index in [1.54, 1.807) is 45.9 Å². The minimum atomic E-state index is -1.22. The lowest BCUT2D eigenvalue weighted by molar-refractivity contribution is -0.120. The van der Waals surface area contributed by atoms with Crippen molar-refractivity contribution in [3.8, 4) is 28.7 Å². The molecule has 2 heterocycles. The van der Waals surface area contributed by atoms with Crippen LogP contribution in [-0.4, -0.2) is 52.3 Å². The van der Waals surface area contributed by atoms with Gasteiger partial charge in [-0.2, -0.15) is 0 Å². The Morgan fingerprint density at radius 1 is 0.936 bits per heavy atom. The zero-order valence-corrected chi connectivity index (χ0v) is 27.4. The third-order valence-electron chi connectivity index (χ3n) is 7.79. The van der Waals surface area contributed by atoms with E-state index in [1.807, 2.05) is 30.3 Å². The number of aryl methyl sites for hydroxylation is 1. The summed E-state index contributed by atoms with van der Waals surface area (Å²) in [7, 11) is 4.53. The van der Waals surface area contributed by atoms with E-state index in [9.17, 15) is 14.4 Å². The average Bonchev–Trinajstić information content (AvgIpc) is 3.52. The summed E-state index contributed by atoms with van der Waals surface area (Å²) in [5, 5.41) is 3.26. The van der Waals surface area contributed by atoms with Gasteiger partial charge in [0, 0.05) is 28.5 Å². The Morgan fingerprint density at radius 2 is 1.66 bits per heavy atom. The highest BCUT2D eigenvalue weighted by atomic mass is 16.7. The molecule has 12 nitrogen and oxygen atoms in total. The van der Waals surface area contributed by atoms with E-state index in [-0.39, 0.29) is 25.4 Å². The van der Waals surface area contributed by atoms with Crippen LogP contribution in [0.4, 0.5) is 10.5 Å². The monoisotopic (exact) mass is 646 g/mol. The smallest absolute Gasteiger partial charge is 0.408 e. The van der Waals surface area contributed by atoms with Crippen LogP contribution in [0, 0.1) is 13.8 Å². The van der Waals surface area contributed by atoms with Crippen LogP contribution in [0.1, 0.15) is 36.1 Å². The number of hydrogen-bond donors (Lipinski definition) is 1. The summed E-state index contributed by atoms with van der Waals surface area (Å²) >= 11 is 0. The first-order chi connectivity index (χ1) is 22.6. The molecule has 1 aliphatic rings. The van der Waals surface area contributed by atoms with E-state index in [4.69, 9.17) is 32.8 Å². The van der Waals surface area contributed by atoms with Crippen LogP contribution in [0.2, 0.25) is 0 Å². The van der Waals surface area contributed by atoms with Gasteiger partial charge in [-0.15, -0.1) is 0 Å². The maximum Gasteiger partial charge on any atom is 0.408 e. The van der Waals surface area contributed by atoms with Gasteiger partial charge < -0.3 is 38.2 Å². The third kappa shape index (κ3) is 6.76. The SMILES string of the molecule is COc1cc(CC(NC(=O)OC(C)C)C(=O)N(Cc2ccccc2)c2cc3cc4c(c(C)c3oc2=O)OCO4)c(OC)c(C)c1OC. The maximum atomic E-state index is 14.7. The van der Waals surface area contributed by atoms with Crippen molar-refractivity contribution in [1.29, 1.82) is 0 Å². The summed E-state index contributed by atoms with van der Waals surface area (Å²) in [6.45, 7) is 7.01. The molecule has 0 saturated heterocycles. The van der Waals surface area contributed by atoms with Gasteiger partial charge >= 0.3 is 11.7 Å². The molecule has 47 heavy (non-hydrogen) atoms. The molecular weight excluding hydrogens is 608 g/mol. The number of alkyl carbamates (subject to hydrolysis) is 1. The summed E-state index contributed by atoms with van der Waals surface area (Å²) in [6.07, 6.45) is -1.30. The van der Waals surface area contributed by atoms with E-state index in [2.05, 4.69) is 5.32 Å². The van der Waals surface area contributed by atoms with Gasteiger partial charge in [-0.25, -0.2) is 9.59 Å². The van der Waals surface area contributed by atoms with E-state index >= 15 is 0 Å². The summed E-state index contributed by atoms with van der Waals surface area (Å²) in [5.74, 6) is 1.75. The van der Waals surface area contributed by atoms with Crippen LogP contribution in [0.25, 0.3) is 11.0 Å². The van der Waals surface area contributed by atoms with Crippen molar-refractivity contribution < 1.29 is 42.4 Å². The van der Waals surface area contributed by atoms with E-state index in [1.165, 1.54) is 26.2 Å². The zero-order valence-electron chi connectivity index (χ0n) is 27.4. The Balaban J connectivity index is 1.64. The molecular formula is C35H38N2O10. The van der Waals surface area contributed by atoms with Crippen LogP contribution in [0.5, 0.6) is 28.7 Å². The van der Waals surface area contributed by atoms with E-state index < -0.39 is 29.8 Å². The molecule has 2 amide bonds. The molecule has 0 fully saturated rings. The van der Waals surface area contributed by atoms with Crippen LogP contribution in [0.3, 0.4) is 0 Å². The number of rotatable bonds is 11. The Kier molecular flexibility index (Phi) is 9.78. The number of amides is 2. The molecule has 5 rings (SSSR count). The van der Waals surface area contributed by atoms with Crippen molar-refractivity contribution in [3.05, 3.63) is 81.2 Å². The number of benzene rings is 3. The third-order valence-corrected chi connectivity index (χ3v) is 7.79. The molecule has 1 aliphatic heterocycles. The first kappa shape index (κ1) is 33.0. The highest BCUT2D eigenvalue weighted by Crippen LogP contribution is 2.42. The molecule has 1 aromatic heterocycles. The minimum absolute atomic E-state index is 0.00101. The number of anilines is 1. The second-order valence-electron chi connectivity index (χ2n) is 11.3. The Morgan fingerprint density at radius 3 is 2.32 bits per heavy atom. The van der Waals surface area contributed by atoms with Gasteiger partial charge in [0.15, 0.2) is 23.0 Å². The Labute approximate surface area is 272 Å². The van der Waals surface area contributed by atoms with Crippen LogP contribution in [-0.2, 0) is 22.5 Å². The first-order valence-corrected chi connectivity index (χ1v) is 15.0. The maximum absolute atomic E-state index is 14.7. The van der Waals surface area contributed by atoms with Crippen molar-refractivity contribution >= 4 is 28.7 Å². The van der Waals surface area contributed by atoms with Gasteiger partial charge in [0.05, 0.1) is 34.0 Å². The predicted octanol–water partition coefficient (Wildman–Crippen LogP) is 5.44. The van der Waals surface area contributed by atoms with Gasteiger partial charge in [-0.05, 0) is 51.5 Å². The summed E-state index contributed by atoms with van der Waals surface area (Å²) in [6, 6.07) is 12.9. The molecule has 12 heteroatoms. The number of methoxy groups -OCH3 is 3. The van der Waals surface area contributed by atoms with Crippen LogP contribution in [0.15, 0.2) is 57.7 Å². The van der Waals surface area contributed by atoms with Gasteiger partial charge in [-0.3, -0.25) is 9.69 Å². The fraction of sp³-hybridized carbons (Fsp3) is 0.343. The molecule has 1 N–H and O–H groups in total. The second kappa shape index (κ2) is 13.9. The highest BCUT2D eigenvalue weighted by molar-refractivity contribution is 6.00. The molecule has 1 atom stereocenters. The molecule has 0 saturated carbocycles. The van der Waals surface area contributed by atoms with Crippen LogP contribution >= 0.6 is 0 Å². The van der Waals surface area contributed by atoms with E-state index in [0.29, 0.717) is 56.4 Å². The van der Waals surface area contributed by atoms with Crippen molar-refractivity contribution in [2.45, 2.75) is 52.8 Å². The van der Waals surface area contributed by atoms with Crippen molar-refractivity contribution in [2.75, 3.05) is 33.0 Å². The minimum Gasteiger partial charge on any atom is -0.496 e. The number of ether oxygens (including phenoxy) is 6. The largest absolute Gasteiger partial charge is 0.496 e. The predicted molar refractivity (Wildman–Crippen MR) is 174 cm³/mol. The molecule has 0 bridgehead atoms. The van der Waals surface area contributed by atoms with Gasteiger partial charge in [0.25, 0.3) is 5.91 Å².